The van der Waals surface area contributed by atoms with Crippen molar-refractivity contribution in [2.75, 3.05) is 39.3 Å². The van der Waals surface area contributed by atoms with Crippen molar-refractivity contribution in [3.63, 3.8) is 0 Å². The topological polar surface area (TPSA) is 113 Å². The number of piperazine rings is 1. The highest BCUT2D eigenvalue weighted by Crippen LogP contribution is 2.19. The number of nitrogens with zero attached hydrogens (tertiary/aromatic N) is 4. The van der Waals surface area contributed by atoms with Gasteiger partial charge in [-0.05, 0) is 13.3 Å². The van der Waals surface area contributed by atoms with Crippen LogP contribution < -0.4 is 10.6 Å². The van der Waals surface area contributed by atoms with E-state index in [2.05, 4.69) is 30.6 Å². The summed E-state index contributed by atoms with van der Waals surface area (Å²) >= 11 is 0. The Bertz CT molecular complexity index is 782. The normalized spacial score (nSPS) is 21.0. The van der Waals surface area contributed by atoms with Gasteiger partial charge >= 0.3 is 12.0 Å². The maximum Gasteiger partial charge on any atom is 0.337 e. The maximum atomic E-state index is 12.5. The minimum atomic E-state index is -0.372. The van der Waals surface area contributed by atoms with E-state index >= 15 is 0 Å². The number of aromatic nitrogens is 2. The van der Waals surface area contributed by atoms with Gasteiger partial charge in [0.25, 0.3) is 0 Å². The van der Waals surface area contributed by atoms with E-state index in [1.807, 2.05) is 20.8 Å². The van der Waals surface area contributed by atoms with E-state index in [0.29, 0.717) is 43.3 Å². The molecule has 2 N–H and O–H groups in total. The highest BCUT2D eigenvalue weighted by atomic mass is 16.5. The number of rotatable bonds is 8. The summed E-state index contributed by atoms with van der Waals surface area (Å²) in [7, 11) is 0. The lowest BCUT2D eigenvalue weighted by atomic mass is 10.00. The van der Waals surface area contributed by atoms with E-state index < -0.39 is 0 Å². The van der Waals surface area contributed by atoms with Crippen LogP contribution in [-0.4, -0.2) is 77.3 Å². The Hall–Kier alpha value is -2.46. The van der Waals surface area contributed by atoms with E-state index in [9.17, 15) is 9.59 Å². The summed E-state index contributed by atoms with van der Waals surface area (Å²) in [6.45, 7) is 12.5. The van der Waals surface area contributed by atoms with Gasteiger partial charge in [0.15, 0.2) is 5.82 Å². The number of hydrogen-bond acceptors (Lipinski definition) is 8. The van der Waals surface area contributed by atoms with Crippen molar-refractivity contribution in [2.24, 2.45) is 0 Å². The second kappa shape index (κ2) is 10.0. The highest BCUT2D eigenvalue weighted by molar-refractivity contribution is 5.94. The lowest BCUT2D eigenvalue weighted by Crippen LogP contribution is -2.53. The van der Waals surface area contributed by atoms with Gasteiger partial charge in [0.05, 0.1) is 24.8 Å². The number of urea groups is 1. The van der Waals surface area contributed by atoms with Crippen molar-refractivity contribution >= 4 is 12.0 Å². The van der Waals surface area contributed by atoms with Crippen LogP contribution in [0.1, 0.15) is 51.7 Å². The molecule has 1 aromatic rings. The van der Waals surface area contributed by atoms with Crippen LogP contribution in [0.25, 0.3) is 0 Å². The van der Waals surface area contributed by atoms with Crippen LogP contribution in [0, 0.1) is 0 Å². The number of ether oxygens (including phenoxy) is 1. The second-order valence-electron chi connectivity index (χ2n) is 7.93. The molecule has 1 fully saturated rings. The fraction of sp³-hybridized carbons (Fsp3) is 0.700. The molecule has 3 heterocycles. The predicted molar refractivity (Wildman–Crippen MR) is 110 cm³/mol. The second-order valence-corrected chi connectivity index (χ2v) is 7.93. The molecule has 2 aliphatic rings. The van der Waals surface area contributed by atoms with Crippen molar-refractivity contribution in [3.8, 4) is 0 Å². The first-order valence-corrected chi connectivity index (χ1v) is 10.7. The Labute approximate surface area is 177 Å². The Balaban J connectivity index is 1.61. The number of amides is 2. The molecule has 3 rings (SSSR count). The molecule has 0 aromatic carbocycles. The first kappa shape index (κ1) is 22.2. The van der Waals surface area contributed by atoms with Crippen molar-refractivity contribution in [1.82, 2.24) is 30.6 Å². The first-order valence-electron chi connectivity index (χ1n) is 10.7. The lowest BCUT2D eigenvalue weighted by molar-refractivity contribution is -0.139. The molecule has 0 radical (unpaired) electrons. The molecule has 1 aromatic heterocycles. The summed E-state index contributed by atoms with van der Waals surface area (Å²) in [4.78, 5) is 33.5. The van der Waals surface area contributed by atoms with Crippen molar-refractivity contribution in [1.29, 1.82) is 0 Å². The van der Waals surface area contributed by atoms with Crippen LogP contribution in [0.3, 0.4) is 0 Å². The summed E-state index contributed by atoms with van der Waals surface area (Å²) in [5.41, 5.74) is 1.16. The third-order valence-corrected chi connectivity index (χ3v) is 5.35. The van der Waals surface area contributed by atoms with E-state index in [1.165, 1.54) is 0 Å². The average Bonchev–Trinajstić information content (AvgIpc) is 3.18. The summed E-state index contributed by atoms with van der Waals surface area (Å²) < 4.78 is 10.6. The van der Waals surface area contributed by atoms with E-state index in [-0.39, 0.29) is 24.0 Å². The Morgan fingerprint density at radius 3 is 2.43 bits per heavy atom. The monoisotopic (exact) mass is 420 g/mol. The zero-order valence-corrected chi connectivity index (χ0v) is 18.2. The molecule has 0 spiro atoms. The predicted octanol–water partition coefficient (Wildman–Crippen LogP) is 1.22. The fourth-order valence-electron chi connectivity index (χ4n) is 3.67. The van der Waals surface area contributed by atoms with Crippen LogP contribution in [0.15, 0.2) is 15.8 Å². The summed E-state index contributed by atoms with van der Waals surface area (Å²) in [6.07, 6.45) is 0.626. The average molecular weight is 421 g/mol. The molecule has 30 heavy (non-hydrogen) atoms. The highest BCUT2D eigenvalue weighted by Gasteiger charge is 2.32. The minimum absolute atomic E-state index is 0.244. The van der Waals surface area contributed by atoms with Gasteiger partial charge in [-0.25, -0.2) is 9.59 Å². The van der Waals surface area contributed by atoms with Crippen molar-refractivity contribution in [3.05, 3.63) is 23.0 Å². The standard InChI is InChI=1S/C20H32N6O4/c1-5-14-17(19(27)29-6-2)15(22-20(28)21-14)11-25-7-9-26(10-8-25)12-16-23-18(13(3)4)24-30-16/h13-14H,5-12H2,1-4H3,(H2,21,22,28). The van der Waals surface area contributed by atoms with Gasteiger partial charge in [-0.15, -0.1) is 0 Å². The first-order chi connectivity index (χ1) is 14.4. The van der Waals surface area contributed by atoms with Gasteiger partial charge in [0, 0.05) is 44.3 Å². The summed E-state index contributed by atoms with van der Waals surface area (Å²) in [6, 6.07) is -0.609. The molecule has 0 saturated carbocycles. The summed E-state index contributed by atoms with van der Waals surface area (Å²) in [5.74, 6) is 1.24. The number of esters is 1. The molecule has 1 unspecified atom stereocenters. The number of hydrogen-bond donors (Lipinski definition) is 2. The Morgan fingerprint density at radius 2 is 1.87 bits per heavy atom. The Morgan fingerprint density at radius 1 is 1.20 bits per heavy atom. The molecule has 0 aliphatic carbocycles. The van der Waals surface area contributed by atoms with Crippen LogP contribution in [0.4, 0.5) is 4.79 Å². The largest absolute Gasteiger partial charge is 0.463 e. The van der Waals surface area contributed by atoms with Gasteiger partial charge in [-0.1, -0.05) is 25.9 Å². The van der Waals surface area contributed by atoms with E-state index in [4.69, 9.17) is 9.26 Å². The van der Waals surface area contributed by atoms with Gasteiger partial charge < -0.3 is 19.9 Å². The molecular weight excluding hydrogens is 388 g/mol. The van der Waals surface area contributed by atoms with Crippen LogP contribution >= 0.6 is 0 Å². The van der Waals surface area contributed by atoms with E-state index in [1.54, 1.807) is 6.92 Å². The zero-order valence-electron chi connectivity index (χ0n) is 18.2. The molecular formula is C20H32N6O4. The van der Waals surface area contributed by atoms with Crippen LogP contribution in [-0.2, 0) is 16.1 Å². The van der Waals surface area contributed by atoms with Crippen LogP contribution in [0.5, 0.6) is 0 Å². The molecule has 1 atom stereocenters. The maximum absolute atomic E-state index is 12.5. The summed E-state index contributed by atoms with van der Waals surface area (Å²) in [5, 5.41) is 9.65. The van der Waals surface area contributed by atoms with Gasteiger partial charge in [0.1, 0.15) is 0 Å². The molecule has 166 valence electrons. The molecule has 1 saturated heterocycles. The molecule has 10 heteroatoms. The fourth-order valence-corrected chi connectivity index (χ4v) is 3.67. The van der Waals surface area contributed by atoms with Crippen molar-refractivity contribution in [2.45, 2.75) is 52.6 Å². The van der Waals surface area contributed by atoms with Gasteiger partial charge in [0.2, 0.25) is 5.89 Å². The van der Waals surface area contributed by atoms with Crippen molar-refractivity contribution < 1.29 is 18.8 Å². The minimum Gasteiger partial charge on any atom is -0.463 e. The Kier molecular flexibility index (Phi) is 7.43. The molecule has 2 aliphatic heterocycles. The molecule has 10 nitrogen and oxygen atoms in total. The van der Waals surface area contributed by atoms with Gasteiger partial charge in [-0.2, -0.15) is 4.98 Å². The van der Waals surface area contributed by atoms with Gasteiger partial charge in [-0.3, -0.25) is 9.80 Å². The quantitative estimate of drug-likeness (QED) is 0.604. The zero-order chi connectivity index (χ0) is 21.7. The number of carbonyl (C=O) groups is 2. The lowest BCUT2D eigenvalue weighted by Gasteiger charge is -2.36. The molecule has 2 amide bonds. The third kappa shape index (κ3) is 5.37. The SMILES string of the molecule is CCOC(=O)C1=C(CN2CCN(Cc3nc(C(C)C)no3)CC2)NC(=O)NC1CC. The van der Waals surface area contributed by atoms with E-state index in [0.717, 1.165) is 32.0 Å². The van der Waals surface area contributed by atoms with Crippen LogP contribution in [0.2, 0.25) is 0 Å². The number of nitrogens with one attached hydrogen (secondary N) is 2. The number of carbonyl (C=O) groups excluding carboxylic acids is 2. The molecule has 0 bridgehead atoms. The third-order valence-electron chi connectivity index (χ3n) is 5.35. The smallest absolute Gasteiger partial charge is 0.337 e.